The normalized spacial score (nSPS) is 11.6. The van der Waals surface area contributed by atoms with E-state index in [2.05, 4.69) is 10.5 Å². The molecule has 2 aromatic carbocycles. The highest BCUT2D eigenvalue weighted by atomic mass is 32.2. The molecule has 1 amide bonds. The molecule has 0 heterocycles. The van der Waals surface area contributed by atoms with Gasteiger partial charge in [0.15, 0.2) is 0 Å². The van der Waals surface area contributed by atoms with Crippen LogP contribution in [0.15, 0.2) is 35.4 Å². The van der Waals surface area contributed by atoms with Crippen LogP contribution in [-0.4, -0.2) is 33.3 Å². The fourth-order valence-electron chi connectivity index (χ4n) is 2.84. The van der Waals surface area contributed by atoms with Crippen LogP contribution in [-0.2, 0) is 14.8 Å². The Balaban J connectivity index is 2.17. The zero-order valence-electron chi connectivity index (χ0n) is 17.2. The van der Waals surface area contributed by atoms with Gasteiger partial charge in [-0.3, -0.25) is 9.10 Å². The number of amides is 1. The summed E-state index contributed by atoms with van der Waals surface area (Å²) in [6.45, 7) is 9.47. The monoisotopic (exact) mass is 401 g/mol. The largest absolute Gasteiger partial charge is 0.271 e. The summed E-state index contributed by atoms with van der Waals surface area (Å²) in [6.07, 6.45) is 2.66. The van der Waals surface area contributed by atoms with Crippen molar-refractivity contribution in [2.45, 2.75) is 34.6 Å². The molecular formula is C21H27N3O3S. The van der Waals surface area contributed by atoms with Crippen molar-refractivity contribution in [2.75, 3.05) is 17.1 Å². The van der Waals surface area contributed by atoms with Crippen molar-refractivity contribution < 1.29 is 13.2 Å². The summed E-state index contributed by atoms with van der Waals surface area (Å²) in [5, 5.41) is 4.00. The van der Waals surface area contributed by atoms with Crippen LogP contribution in [0.4, 0.5) is 5.69 Å². The van der Waals surface area contributed by atoms with Gasteiger partial charge in [0.05, 0.1) is 18.2 Å². The first-order valence-electron chi connectivity index (χ1n) is 8.95. The summed E-state index contributed by atoms with van der Waals surface area (Å²) >= 11 is 0. The van der Waals surface area contributed by atoms with E-state index in [1.807, 2.05) is 52.8 Å². The Kier molecular flexibility index (Phi) is 6.61. The third-order valence-corrected chi connectivity index (χ3v) is 6.15. The zero-order valence-corrected chi connectivity index (χ0v) is 18.0. The highest BCUT2D eigenvalue weighted by Crippen LogP contribution is 2.24. The van der Waals surface area contributed by atoms with Crippen LogP contribution in [0.25, 0.3) is 0 Å². The molecule has 2 aromatic rings. The topological polar surface area (TPSA) is 78.8 Å². The number of carbonyl (C=O) groups excluding carboxylic acids is 1. The average molecular weight is 402 g/mol. The second-order valence-electron chi connectivity index (χ2n) is 7.00. The van der Waals surface area contributed by atoms with Gasteiger partial charge in [-0.1, -0.05) is 24.3 Å². The summed E-state index contributed by atoms with van der Waals surface area (Å²) in [7, 11) is -3.63. The van der Waals surface area contributed by atoms with Gasteiger partial charge in [0, 0.05) is 0 Å². The van der Waals surface area contributed by atoms with E-state index in [0.717, 1.165) is 32.8 Å². The van der Waals surface area contributed by atoms with Gasteiger partial charge in [-0.2, -0.15) is 5.10 Å². The lowest BCUT2D eigenvalue weighted by atomic mass is 10.00. The summed E-state index contributed by atoms with van der Waals surface area (Å²) in [5.74, 6) is -0.510. The summed E-state index contributed by atoms with van der Waals surface area (Å²) < 4.78 is 25.6. The van der Waals surface area contributed by atoms with E-state index in [1.165, 1.54) is 11.1 Å². The third kappa shape index (κ3) is 4.98. The number of hydrazone groups is 1. The molecule has 0 atom stereocenters. The molecule has 0 spiro atoms. The maximum Gasteiger partial charge on any atom is 0.260 e. The van der Waals surface area contributed by atoms with Crippen LogP contribution in [0.5, 0.6) is 0 Å². The maximum absolute atomic E-state index is 12.3. The van der Waals surface area contributed by atoms with Crippen LogP contribution in [0.3, 0.4) is 0 Å². The number of rotatable bonds is 6. The molecule has 0 aliphatic heterocycles. The molecule has 0 saturated carbocycles. The highest BCUT2D eigenvalue weighted by molar-refractivity contribution is 7.92. The Labute approximate surface area is 167 Å². The fraction of sp³-hybridized carbons (Fsp3) is 0.333. The van der Waals surface area contributed by atoms with Crippen LogP contribution in [0, 0.1) is 34.6 Å². The molecule has 7 heteroatoms. The molecule has 150 valence electrons. The van der Waals surface area contributed by atoms with Gasteiger partial charge in [0.25, 0.3) is 5.91 Å². The second kappa shape index (κ2) is 8.56. The van der Waals surface area contributed by atoms with Crippen LogP contribution in [0.2, 0.25) is 0 Å². The SMILES string of the molecule is Cc1cccc(N(CC(=O)NN=Cc2ccc(C)c(C)c2C)S(C)(=O)=O)c1C. The smallest absolute Gasteiger partial charge is 0.260 e. The number of benzene rings is 2. The Morgan fingerprint density at radius 3 is 2.29 bits per heavy atom. The summed E-state index contributed by atoms with van der Waals surface area (Å²) in [4.78, 5) is 12.3. The van der Waals surface area contributed by atoms with Crippen molar-refractivity contribution >= 4 is 27.8 Å². The molecule has 0 aliphatic rings. The molecule has 0 aliphatic carbocycles. The summed E-state index contributed by atoms with van der Waals surface area (Å²) in [6, 6.07) is 9.30. The molecule has 0 saturated heterocycles. The predicted molar refractivity (Wildman–Crippen MR) is 114 cm³/mol. The van der Waals surface area contributed by atoms with E-state index in [9.17, 15) is 13.2 Å². The number of carbonyl (C=O) groups is 1. The fourth-order valence-corrected chi connectivity index (χ4v) is 3.75. The van der Waals surface area contributed by atoms with Crippen LogP contribution in [0.1, 0.15) is 33.4 Å². The number of nitrogens with one attached hydrogen (secondary N) is 1. The predicted octanol–water partition coefficient (Wildman–Crippen LogP) is 3.15. The van der Waals surface area contributed by atoms with Crippen LogP contribution < -0.4 is 9.73 Å². The average Bonchev–Trinajstić information content (AvgIpc) is 2.61. The van der Waals surface area contributed by atoms with Gasteiger partial charge in [0.2, 0.25) is 10.0 Å². The Bertz CT molecular complexity index is 1030. The van der Waals surface area contributed by atoms with E-state index in [4.69, 9.17) is 0 Å². The van der Waals surface area contributed by atoms with Crippen molar-refractivity contribution in [2.24, 2.45) is 5.10 Å². The standard InChI is InChI=1S/C21H27N3O3S/c1-14-8-7-9-20(17(14)4)24(28(6,26)27)13-21(25)23-22-12-19-11-10-15(2)16(3)18(19)5/h7-12H,13H2,1-6H3,(H,23,25). The van der Waals surface area contributed by atoms with Gasteiger partial charge < -0.3 is 0 Å². The number of anilines is 1. The van der Waals surface area contributed by atoms with Crippen LogP contribution >= 0.6 is 0 Å². The third-order valence-electron chi connectivity index (χ3n) is 5.03. The number of hydrogen-bond donors (Lipinski definition) is 1. The molecule has 0 unspecified atom stereocenters. The van der Waals surface area contributed by atoms with E-state index in [1.54, 1.807) is 18.3 Å². The molecule has 6 nitrogen and oxygen atoms in total. The molecule has 0 aromatic heterocycles. The lowest BCUT2D eigenvalue weighted by Crippen LogP contribution is -2.39. The minimum absolute atomic E-state index is 0.341. The molecule has 1 N–H and O–H groups in total. The number of aryl methyl sites for hydroxylation is 2. The lowest BCUT2D eigenvalue weighted by molar-refractivity contribution is -0.119. The molecule has 0 radical (unpaired) electrons. The van der Waals surface area contributed by atoms with E-state index in [0.29, 0.717) is 5.69 Å². The first-order chi connectivity index (χ1) is 13.0. The number of sulfonamides is 1. The Hall–Kier alpha value is -2.67. The molecule has 0 bridgehead atoms. The Morgan fingerprint density at radius 2 is 1.64 bits per heavy atom. The number of nitrogens with zero attached hydrogens (tertiary/aromatic N) is 2. The van der Waals surface area contributed by atoms with E-state index >= 15 is 0 Å². The molecule has 2 rings (SSSR count). The van der Waals surface area contributed by atoms with Crippen molar-refractivity contribution in [3.05, 3.63) is 63.7 Å². The zero-order chi connectivity index (χ0) is 21.1. The van der Waals surface area contributed by atoms with Crippen molar-refractivity contribution in [3.63, 3.8) is 0 Å². The van der Waals surface area contributed by atoms with Gasteiger partial charge in [-0.05, 0) is 74.1 Å². The number of hydrogen-bond acceptors (Lipinski definition) is 4. The van der Waals surface area contributed by atoms with Crippen molar-refractivity contribution in [3.8, 4) is 0 Å². The Morgan fingerprint density at radius 1 is 1.00 bits per heavy atom. The van der Waals surface area contributed by atoms with E-state index in [-0.39, 0.29) is 6.54 Å². The van der Waals surface area contributed by atoms with Gasteiger partial charge in [-0.25, -0.2) is 13.8 Å². The van der Waals surface area contributed by atoms with Gasteiger partial charge in [0.1, 0.15) is 6.54 Å². The highest BCUT2D eigenvalue weighted by Gasteiger charge is 2.22. The first kappa shape index (κ1) is 21.6. The van der Waals surface area contributed by atoms with E-state index < -0.39 is 15.9 Å². The lowest BCUT2D eigenvalue weighted by Gasteiger charge is -2.23. The van der Waals surface area contributed by atoms with Crippen molar-refractivity contribution in [1.82, 2.24) is 5.43 Å². The minimum atomic E-state index is -3.63. The van der Waals surface area contributed by atoms with Gasteiger partial charge >= 0.3 is 0 Å². The summed E-state index contributed by atoms with van der Waals surface area (Å²) in [5.41, 5.74) is 9.04. The second-order valence-corrected chi connectivity index (χ2v) is 8.91. The first-order valence-corrected chi connectivity index (χ1v) is 10.8. The molecule has 0 fully saturated rings. The minimum Gasteiger partial charge on any atom is -0.271 e. The molecular weight excluding hydrogens is 374 g/mol. The van der Waals surface area contributed by atoms with Crippen molar-refractivity contribution in [1.29, 1.82) is 0 Å². The maximum atomic E-state index is 12.3. The van der Waals surface area contributed by atoms with Gasteiger partial charge in [-0.15, -0.1) is 0 Å². The molecule has 28 heavy (non-hydrogen) atoms. The quantitative estimate of drug-likeness (QED) is 0.597.